The average molecular weight is 372 g/mol. The first kappa shape index (κ1) is 18.9. The van der Waals surface area contributed by atoms with Gasteiger partial charge < -0.3 is 19.6 Å². The maximum absolute atomic E-state index is 12.8. The summed E-state index contributed by atoms with van der Waals surface area (Å²) in [6.07, 6.45) is 3.05. The lowest BCUT2D eigenvalue weighted by Gasteiger charge is -2.27. The van der Waals surface area contributed by atoms with E-state index in [9.17, 15) is 14.7 Å². The van der Waals surface area contributed by atoms with E-state index in [1.807, 2.05) is 31.4 Å². The number of aliphatic hydroxyl groups is 1. The number of nitrogens with zero attached hydrogens (tertiary/aromatic N) is 4. The summed E-state index contributed by atoms with van der Waals surface area (Å²) in [6.45, 7) is 0.350. The summed E-state index contributed by atoms with van der Waals surface area (Å²) < 4.78 is 7.16. The zero-order valence-electron chi connectivity index (χ0n) is 15.5. The molecule has 1 fully saturated rings. The number of likely N-dealkylation sites (N-methyl/N-ethyl adjacent to an activating group) is 1. The zero-order chi connectivity index (χ0) is 19.4. The predicted octanol–water partition coefficient (Wildman–Crippen LogP) is 0.419. The van der Waals surface area contributed by atoms with Crippen LogP contribution in [0.4, 0.5) is 0 Å². The molecule has 1 aliphatic heterocycles. The van der Waals surface area contributed by atoms with Crippen LogP contribution >= 0.6 is 0 Å². The summed E-state index contributed by atoms with van der Waals surface area (Å²) in [4.78, 5) is 28.4. The van der Waals surface area contributed by atoms with Crippen LogP contribution in [0.15, 0.2) is 42.7 Å². The second-order valence-electron chi connectivity index (χ2n) is 6.77. The first-order valence-electron chi connectivity index (χ1n) is 8.82. The smallest absolute Gasteiger partial charge is 0.261 e. The molecule has 0 spiro atoms. The zero-order valence-corrected chi connectivity index (χ0v) is 15.5. The molecule has 2 aromatic rings. The standard InChI is InChI=1S/C19H24N4O4/c1-21(10-14-9-20-22(2)11-14)19(26)17-8-15(24)12-23(17)18(25)13-27-16-6-4-3-5-7-16/h3-7,9,11,15,17,24H,8,10,12-13H2,1-2H3/t15-,17+/m1/s1. The van der Waals surface area contributed by atoms with Crippen molar-refractivity contribution < 1.29 is 19.4 Å². The van der Waals surface area contributed by atoms with Crippen LogP contribution in [-0.4, -0.2) is 68.8 Å². The van der Waals surface area contributed by atoms with Crippen LogP contribution in [0.5, 0.6) is 5.75 Å². The average Bonchev–Trinajstić information content (AvgIpc) is 3.25. The van der Waals surface area contributed by atoms with Gasteiger partial charge >= 0.3 is 0 Å². The van der Waals surface area contributed by atoms with Gasteiger partial charge in [-0.1, -0.05) is 18.2 Å². The second-order valence-corrected chi connectivity index (χ2v) is 6.77. The number of ether oxygens (including phenoxy) is 1. The van der Waals surface area contributed by atoms with Gasteiger partial charge in [0.25, 0.3) is 5.91 Å². The number of amides is 2. The third-order valence-electron chi connectivity index (χ3n) is 4.54. The fraction of sp³-hybridized carbons (Fsp3) is 0.421. The van der Waals surface area contributed by atoms with Gasteiger partial charge in [-0.3, -0.25) is 14.3 Å². The van der Waals surface area contributed by atoms with E-state index in [0.717, 1.165) is 5.56 Å². The molecule has 0 saturated carbocycles. The van der Waals surface area contributed by atoms with Gasteiger partial charge in [-0.2, -0.15) is 5.10 Å². The van der Waals surface area contributed by atoms with Crippen molar-refractivity contribution in [2.75, 3.05) is 20.2 Å². The quantitative estimate of drug-likeness (QED) is 0.794. The molecule has 2 amide bonds. The second kappa shape index (κ2) is 8.22. The Hall–Kier alpha value is -2.87. The molecule has 1 aliphatic rings. The molecule has 2 atom stereocenters. The Morgan fingerprint density at radius 3 is 2.74 bits per heavy atom. The summed E-state index contributed by atoms with van der Waals surface area (Å²) in [6, 6.07) is 8.33. The van der Waals surface area contributed by atoms with Crippen molar-refractivity contribution in [2.45, 2.75) is 25.1 Å². The van der Waals surface area contributed by atoms with E-state index >= 15 is 0 Å². The van der Waals surface area contributed by atoms with E-state index in [1.165, 1.54) is 4.90 Å². The predicted molar refractivity (Wildman–Crippen MR) is 97.7 cm³/mol. The minimum absolute atomic E-state index is 0.133. The van der Waals surface area contributed by atoms with Crippen molar-refractivity contribution in [2.24, 2.45) is 7.05 Å². The molecule has 2 heterocycles. The molecule has 8 nitrogen and oxygen atoms in total. The molecule has 0 aliphatic carbocycles. The molecular weight excluding hydrogens is 348 g/mol. The van der Waals surface area contributed by atoms with E-state index in [4.69, 9.17) is 4.74 Å². The third-order valence-corrected chi connectivity index (χ3v) is 4.54. The minimum Gasteiger partial charge on any atom is -0.484 e. The van der Waals surface area contributed by atoms with Gasteiger partial charge in [0.05, 0.1) is 12.3 Å². The Morgan fingerprint density at radius 1 is 1.33 bits per heavy atom. The normalized spacial score (nSPS) is 19.1. The van der Waals surface area contributed by atoms with Gasteiger partial charge in [-0.15, -0.1) is 0 Å². The Balaban J connectivity index is 1.62. The largest absolute Gasteiger partial charge is 0.484 e. The molecule has 0 radical (unpaired) electrons. The number of carbonyl (C=O) groups excluding carboxylic acids is 2. The number of aromatic nitrogens is 2. The first-order chi connectivity index (χ1) is 12.9. The lowest BCUT2D eigenvalue weighted by molar-refractivity contribution is -0.144. The number of benzene rings is 1. The fourth-order valence-electron chi connectivity index (χ4n) is 3.23. The van der Waals surface area contributed by atoms with Crippen LogP contribution in [0, 0.1) is 0 Å². The van der Waals surface area contributed by atoms with Gasteiger partial charge in [0, 0.05) is 45.4 Å². The summed E-state index contributed by atoms with van der Waals surface area (Å²) in [5.41, 5.74) is 0.900. The highest BCUT2D eigenvalue weighted by molar-refractivity contribution is 5.88. The highest BCUT2D eigenvalue weighted by Crippen LogP contribution is 2.21. The molecule has 27 heavy (non-hydrogen) atoms. The maximum atomic E-state index is 12.8. The van der Waals surface area contributed by atoms with E-state index < -0.39 is 12.1 Å². The Bertz CT molecular complexity index is 792. The number of rotatable bonds is 6. The van der Waals surface area contributed by atoms with E-state index in [2.05, 4.69) is 5.10 Å². The highest BCUT2D eigenvalue weighted by Gasteiger charge is 2.40. The number of β-amino-alcohol motifs (C(OH)–C–C–N with tert-alkyl or cyclic N) is 1. The van der Waals surface area contributed by atoms with Crippen molar-refractivity contribution in [1.29, 1.82) is 0 Å². The molecule has 144 valence electrons. The van der Waals surface area contributed by atoms with Gasteiger partial charge in [-0.25, -0.2) is 0 Å². The molecule has 1 saturated heterocycles. The summed E-state index contributed by atoms with van der Waals surface area (Å²) in [5.74, 6) is 0.0640. The fourth-order valence-corrected chi connectivity index (χ4v) is 3.23. The molecule has 0 unspecified atom stereocenters. The number of hydrogen-bond donors (Lipinski definition) is 1. The van der Waals surface area contributed by atoms with E-state index in [1.54, 1.807) is 35.0 Å². The summed E-state index contributed by atoms with van der Waals surface area (Å²) >= 11 is 0. The lowest BCUT2D eigenvalue weighted by atomic mass is 10.1. The molecule has 8 heteroatoms. The Morgan fingerprint density at radius 2 is 2.07 bits per heavy atom. The van der Waals surface area contributed by atoms with Gasteiger partial charge in [-0.05, 0) is 12.1 Å². The molecule has 3 rings (SSSR count). The number of para-hydroxylation sites is 1. The van der Waals surface area contributed by atoms with Crippen molar-refractivity contribution in [3.8, 4) is 5.75 Å². The van der Waals surface area contributed by atoms with Crippen molar-refractivity contribution in [3.63, 3.8) is 0 Å². The Labute approximate surface area is 157 Å². The third kappa shape index (κ3) is 4.65. The van der Waals surface area contributed by atoms with E-state index in [-0.39, 0.29) is 31.4 Å². The summed E-state index contributed by atoms with van der Waals surface area (Å²) in [7, 11) is 3.49. The number of likely N-dealkylation sites (tertiary alicyclic amines) is 1. The van der Waals surface area contributed by atoms with Crippen LogP contribution in [-0.2, 0) is 23.2 Å². The molecule has 1 aromatic heterocycles. The molecule has 1 aromatic carbocycles. The highest BCUT2D eigenvalue weighted by atomic mass is 16.5. The van der Waals surface area contributed by atoms with Gasteiger partial charge in [0.2, 0.25) is 5.91 Å². The van der Waals surface area contributed by atoms with Crippen molar-refractivity contribution in [1.82, 2.24) is 19.6 Å². The minimum atomic E-state index is -0.716. The van der Waals surface area contributed by atoms with Gasteiger partial charge in [0.15, 0.2) is 6.61 Å². The lowest BCUT2D eigenvalue weighted by Crippen LogP contribution is -2.47. The first-order valence-corrected chi connectivity index (χ1v) is 8.82. The van der Waals surface area contributed by atoms with Crippen LogP contribution in [0.25, 0.3) is 0 Å². The molecule has 1 N–H and O–H groups in total. The molecular formula is C19H24N4O4. The van der Waals surface area contributed by atoms with Crippen LogP contribution < -0.4 is 4.74 Å². The number of aliphatic hydroxyl groups excluding tert-OH is 1. The van der Waals surface area contributed by atoms with Gasteiger partial charge in [0.1, 0.15) is 11.8 Å². The maximum Gasteiger partial charge on any atom is 0.261 e. The number of carbonyl (C=O) groups is 2. The number of hydrogen-bond acceptors (Lipinski definition) is 5. The summed E-state index contributed by atoms with van der Waals surface area (Å²) in [5, 5.41) is 14.1. The topological polar surface area (TPSA) is 87.9 Å². The van der Waals surface area contributed by atoms with Crippen LogP contribution in [0.1, 0.15) is 12.0 Å². The van der Waals surface area contributed by atoms with Crippen LogP contribution in [0.3, 0.4) is 0 Å². The monoisotopic (exact) mass is 372 g/mol. The van der Waals surface area contributed by atoms with Crippen molar-refractivity contribution in [3.05, 3.63) is 48.3 Å². The van der Waals surface area contributed by atoms with Crippen LogP contribution in [0.2, 0.25) is 0 Å². The van der Waals surface area contributed by atoms with E-state index in [0.29, 0.717) is 12.3 Å². The number of aryl methyl sites for hydroxylation is 1. The SMILES string of the molecule is CN(Cc1cnn(C)c1)C(=O)[C@@H]1C[C@@H](O)CN1C(=O)COc1ccccc1. The molecule has 0 bridgehead atoms. The van der Waals surface area contributed by atoms with Crippen molar-refractivity contribution >= 4 is 11.8 Å². The Kier molecular flexibility index (Phi) is 5.75.